The number of rotatable bonds is 7. The van der Waals surface area contributed by atoms with Crippen LogP contribution in [0.3, 0.4) is 0 Å². The van der Waals surface area contributed by atoms with Crippen LogP contribution < -0.4 is 15.9 Å². The molecule has 6 rings (SSSR count). The number of aryl methyl sites for hydroxylation is 1. The van der Waals surface area contributed by atoms with Crippen LogP contribution in [0.4, 0.5) is 4.39 Å². The molecule has 2 saturated heterocycles. The Balaban J connectivity index is 1.44. The first-order valence-electron chi connectivity index (χ1n) is 15.6. The van der Waals surface area contributed by atoms with Crippen molar-refractivity contribution in [1.82, 2.24) is 40.0 Å². The number of fused-ring (bicyclic) bond motifs is 1. The van der Waals surface area contributed by atoms with E-state index in [1.54, 1.807) is 6.08 Å². The number of aromatic nitrogens is 4. The van der Waals surface area contributed by atoms with Gasteiger partial charge in [-0.15, -0.1) is 0 Å². The molecule has 3 aliphatic rings. The first kappa shape index (κ1) is 30.1. The minimum absolute atomic E-state index is 0.0488. The number of aliphatic imine (C=N–C) groups is 1. The molecule has 44 heavy (non-hydrogen) atoms. The number of likely N-dealkylation sites (tertiary alicyclic amines) is 1. The number of hydrogen-bond acceptors (Lipinski definition) is 8. The minimum atomic E-state index is -0.464. The van der Waals surface area contributed by atoms with Crippen LogP contribution in [0.15, 0.2) is 41.9 Å². The number of benzene rings is 1. The van der Waals surface area contributed by atoms with Crippen LogP contribution in [-0.4, -0.2) is 87.7 Å². The van der Waals surface area contributed by atoms with Gasteiger partial charge < -0.3 is 15.2 Å². The van der Waals surface area contributed by atoms with Gasteiger partial charge in [-0.1, -0.05) is 30.2 Å². The molecule has 3 aliphatic heterocycles. The zero-order valence-electron chi connectivity index (χ0n) is 26.0. The van der Waals surface area contributed by atoms with Crippen molar-refractivity contribution in [3.63, 3.8) is 0 Å². The van der Waals surface area contributed by atoms with Crippen molar-refractivity contribution in [1.29, 1.82) is 0 Å². The molecule has 9 nitrogen and oxygen atoms in total. The van der Waals surface area contributed by atoms with Crippen LogP contribution in [-0.2, 0) is 6.54 Å². The van der Waals surface area contributed by atoms with Gasteiger partial charge in [-0.25, -0.2) is 19.3 Å². The minimum Gasteiger partial charge on any atom is -0.371 e. The number of piperazine rings is 1. The molecule has 0 saturated carbocycles. The van der Waals surface area contributed by atoms with Crippen LogP contribution in [0.5, 0.6) is 0 Å². The number of piperidine rings is 1. The number of likely N-dealkylation sites (N-methyl/N-ethyl adjacent to an activating group) is 1. The summed E-state index contributed by atoms with van der Waals surface area (Å²) in [4.78, 5) is 28.7. The van der Waals surface area contributed by atoms with Crippen molar-refractivity contribution in [2.24, 2.45) is 4.99 Å². The van der Waals surface area contributed by atoms with E-state index in [1.807, 2.05) is 32.2 Å². The number of halogens is 1. The Hall–Kier alpha value is -3.99. The highest BCUT2D eigenvalue weighted by Gasteiger charge is 2.29. The summed E-state index contributed by atoms with van der Waals surface area (Å²) in [5.74, 6) is 0.0355. The van der Waals surface area contributed by atoms with Crippen LogP contribution in [0.25, 0.3) is 35.1 Å². The average molecular weight is 596 g/mol. The summed E-state index contributed by atoms with van der Waals surface area (Å²) in [7, 11) is 2.14. The predicted octanol–water partition coefficient (Wildman–Crippen LogP) is 3.60. The molecule has 0 radical (unpaired) electrons. The number of hydrogen-bond donors (Lipinski definition) is 2. The Morgan fingerprint density at radius 1 is 1.09 bits per heavy atom. The third-order valence-corrected chi connectivity index (χ3v) is 8.79. The highest BCUT2D eigenvalue weighted by atomic mass is 19.1. The van der Waals surface area contributed by atoms with Crippen molar-refractivity contribution in [2.45, 2.75) is 45.8 Å². The second kappa shape index (κ2) is 13.3. The Morgan fingerprint density at radius 3 is 2.64 bits per heavy atom. The number of imidazole rings is 1. The van der Waals surface area contributed by atoms with Crippen LogP contribution in [0, 0.1) is 6.92 Å². The first-order valence-corrected chi connectivity index (χ1v) is 15.6. The van der Waals surface area contributed by atoms with Gasteiger partial charge >= 0.3 is 0 Å². The van der Waals surface area contributed by atoms with E-state index in [-0.39, 0.29) is 11.4 Å². The van der Waals surface area contributed by atoms with E-state index in [2.05, 4.69) is 65.9 Å². The third kappa shape index (κ3) is 6.29. The average Bonchev–Trinajstić information content (AvgIpc) is 3.48. The van der Waals surface area contributed by atoms with Gasteiger partial charge in [0.05, 0.1) is 22.0 Å². The number of allylic oxidation sites excluding steroid dienone is 1. The van der Waals surface area contributed by atoms with Gasteiger partial charge in [-0.2, -0.15) is 0 Å². The van der Waals surface area contributed by atoms with Gasteiger partial charge in [0.1, 0.15) is 24.0 Å². The summed E-state index contributed by atoms with van der Waals surface area (Å²) < 4.78 is 17.0. The Kier molecular flexibility index (Phi) is 9.11. The number of H-pyrrole nitrogens is 1. The SMILES string of the molecule is C=N\C=C(/C(F)=c1/c(-c2nc3c([nH]2)C(N2CCN(C)CC2)NC=C3)ncn/c1=C\C)c1cc(C)cc(CN2CCCCC2)c1. The molecule has 230 valence electrons. The zero-order chi connectivity index (χ0) is 30.6. The number of nitrogens with zero attached hydrogens (tertiary/aromatic N) is 7. The topological polar surface area (TPSA) is 88.6 Å². The number of nitrogens with one attached hydrogen (secondary N) is 2. The second-order valence-corrected chi connectivity index (χ2v) is 12.0. The molecule has 2 fully saturated rings. The molecule has 5 heterocycles. The van der Waals surface area contributed by atoms with E-state index in [1.165, 1.54) is 31.8 Å². The van der Waals surface area contributed by atoms with Crippen LogP contribution in [0.1, 0.15) is 60.4 Å². The molecule has 0 spiro atoms. The lowest BCUT2D eigenvalue weighted by molar-refractivity contribution is 0.0986. The van der Waals surface area contributed by atoms with E-state index in [0.29, 0.717) is 22.4 Å². The monoisotopic (exact) mass is 595 g/mol. The molecule has 0 amide bonds. The molecular formula is C34H42FN9. The Morgan fingerprint density at radius 2 is 1.89 bits per heavy atom. The summed E-state index contributed by atoms with van der Waals surface area (Å²) in [6.07, 6.45) is 12.3. The summed E-state index contributed by atoms with van der Waals surface area (Å²) in [5.41, 5.74) is 5.49. The Bertz CT molecular complexity index is 1690. The lowest BCUT2D eigenvalue weighted by atomic mass is 9.98. The highest BCUT2D eigenvalue weighted by Crippen LogP contribution is 2.30. The van der Waals surface area contributed by atoms with E-state index in [4.69, 9.17) is 4.98 Å². The summed E-state index contributed by atoms with van der Waals surface area (Å²) in [6.45, 7) is 14.5. The fourth-order valence-electron chi connectivity index (χ4n) is 6.50. The maximum absolute atomic E-state index is 17.0. The number of aromatic amines is 1. The van der Waals surface area contributed by atoms with Gasteiger partial charge in [0, 0.05) is 50.7 Å². The van der Waals surface area contributed by atoms with Crippen molar-refractivity contribution < 1.29 is 4.39 Å². The Labute approximate surface area is 258 Å². The third-order valence-electron chi connectivity index (χ3n) is 8.79. The van der Waals surface area contributed by atoms with Gasteiger partial charge in [0.25, 0.3) is 0 Å². The summed E-state index contributed by atoms with van der Waals surface area (Å²) in [5, 5.41) is 4.26. The predicted molar refractivity (Wildman–Crippen MR) is 175 cm³/mol. The molecule has 10 heteroatoms. The van der Waals surface area contributed by atoms with Crippen molar-refractivity contribution in [3.05, 3.63) is 75.6 Å². The quantitative estimate of drug-likeness (QED) is 0.404. The van der Waals surface area contributed by atoms with E-state index in [9.17, 15) is 0 Å². The van der Waals surface area contributed by atoms with Crippen molar-refractivity contribution in [3.8, 4) is 11.5 Å². The molecule has 2 aromatic heterocycles. The summed E-state index contributed by atoms with van der Waals surface area (Å²) >= 11 is 0. The molecule has 0 bridgehead atoms. The second-order valence-electron chi connectivity index (χ2n) is 12.0. The molecular weight excluding hydrogens is 553 g/mol. The van der Waals surface area contributed by atoms with E-state index in [0.717, 1.165) is 73.9 Å². The normalized spacial score (nSPS) is 21.2. The summed E-state index contributed by atoms with van der Waals surface area (Å²) in [6, 6.07) is 6.25. The first-order chi connectivity index (χ1) is 21.4. The lowest BCUT2D eigenvalue weighted by Gasteiger charge is -2.38. The fraction of sp³-hybridized carbons (Fsp3) is 0.412. The maximum atomic E-state index is 17.0. The molecule has 1 aromatic carbocycles. The standard InChI is InChI=1S/C34H42FN9/c1-5-27-29(30(35)26(20-36-3)25-18-23(2)17-24(19-25)21-43-11-7-6-8-12-43)32(39-22-38-27)33-40-28-9-10-37-34(31(28)41-33)44-15-13-42(4)14-16-44/h5,9-10,17-20,22,34,37H,3,6-8,11-16,21H2,1-2,4H3,(H,40,41)/b26-20-,27-5-,30-29-. The molecule has 1 unspecified atom stereocenters. The van der Waals surface area contributed by atoms with Crippen LogP contribution >= 0.6 is 0 Å². The van der Waals surface area contributed by atoms with E-state index < -0.39 is 5.83 Å². The largest absolute Gasteiger partial charge is 0.371 e. The zero-order valence-corrected chi connectivity index (χ0v) is 26.0. The van der Waals surface area contributed by atoms with Gasteiger partial charge in [-0.3, -0.25) is 14.8 Å². The van der Waals surface area contributed by atoms with Gasteiger partial charge in [0.15, 0.2) is 5.82 Å². The van der Waals surface area contributed by atoms with Gasteiger partial charge in [-0.05, 0) is 76.8 Å². The van der Waals surface area contributed by atoms with Crippen molar-refractivity contribution >= 4 is 30.3 Å². The lowest BCUT2D eigenvalue weighted by Crippen LogP contribution is -2.49. The fourth-order valence-corrected chi connectivity index (χ4v) is 6.50. The maximum Gasteiger partial charge on any atom is 0.157 e. The van der Waals surface area contributed by atoms with Crippen molar-refractivity contribution in [2.75, 3.05) is 46.3 Å². The molecule has 3 aromatic rings. The molecule has 2 N–H and O–H groups in total. The van der Waals surface area contributed by atoms with Gasteiger partial charge in [0.2, 0.25) is 0 Å². The van der Waals surface area contributed by atoms with Crippen LogP contribution in [0.2, 0.25) is 0 Å². The molecule has 0 aliphatic carbocycles. The smallest absolute Gasteiger partial charge is 0.157 e. The highest BCUT2D eigenvalue weighted by molar-refractivity contribution is 5.95. The molecule has 1 atom stereocenters. The van der Waals surface area contributed by atoms with E-state index >= 15 is 4.39 Å².